The number of hydrogen-bond acceptors (Lipinski definition) is 7. The first-order valence-corrected chi connectivity index (χ1v) is 12.5. The van der Waals surface area contributed by atoms with E-state index in [1.54, 1.807) is 67.6 Å². The molecule has 1 amide bonds. The number of carbonyl (C=O) groups excluding carboxylic acids is 1. The van der Waals surface area contributed by atoms with Crippen LogP contribution >= 0.6 is 0 Å². The van der Waals surface area contributed by atoms with E-state index in [1.807, 2.05) is 13.0 Å². The van der Waals surface area contributed by atoms with E-state index in [1.165, 1.54) is 18.3 Å². The van der Waals surface area contributed by atoms with Crippen LogP contribution in [0.15, 0.2) is 82.8 Å². The standard InChI is InChI=1S/C26H26N4O5S/c1-3-34-25-7-5-4-6-24(25)30(36(32,33)23-14-8-20(2)9-15-23)19-26(31)29-28-18-21-10-12-22(13-11-21)35-17-16-27/h4-15,18H,3,17,19H2,1-2H3,(H,29,31)/b28-18-. The molecule has 0 unspecified atom stereocenters. The van der Waals surface area contributed by atoms with Crippen LogP contribution in [0.4, 0.5) is 5.69 Å². The van der Waals surface area contributed by atoms with Gasteiger partial charge in [-0.1, -0.05) is 29.8 Å². The van der Waals surface area contributed by atoms with Crippen LogP contribution in [0.5, 0.6) is 11.5 Å². The van der Waals surface area contributed by atoms with Gasteiger partial charge in [-0.2, -0.15) is 10.4 Å². The number of amides is 1. The van der Waals surface area contributed by atoms with Crippen LogP contribution in [0.25, 0.3) is 0 Å². The third kappa shape index (κ3) is 6.84. The number of hydrazone groups is 1. The molecule has 0 aliphatic rings. The number of nitrogens with zero attached hydrogens (tertiary/aromatic N) is 3. The molecule has 0 saturated heterocycles. The Morgan fingerprint density at radius 3 is 2.42 bits per heavy atom. The van der Waals surface area contributed by atoms with Gasteiger partial charge < -0.3 is 9.47 Å². The van der Waals surface area contributed by atoms with Crippen molar-refractivity contribution in [3.63, 3.8) is 0 Å². The highest BCUT2D eigenvalue weighted by Gasteiger charge is 2.29. The number of carbonyl (C=O) groups is 1. The highest BCUT2D eigenvalue weighted by molar-refractivity contribution is 7.92. The maximum absolute atomic E-state index is 13.6. The molecule has 9 nitrogen and oxygen atoms in total. The lowest BCUT2D eigenvalue weighted by Crippen LogP contribution is -2.39. The minimum absolute atomic E-state index is 0.0504. The topological polar surface area (TPSA) is 121 Å². The number of benzene rings is 3. The van der Waals surface area contributed by atoms with Crippen LogP contribution in [0, 0.1) is 18.3 Å². The molecule has 0 heterocycles. The van der Waals surface area contributed by atoms with Crippen LogP contribution in [-0.2, 0) is 14.8 Å². The summed E-state index contributed by atoms with van der Waals surface area (Å²) in [6.07, 6.45) is 1.42. The number of hydrogen-bond donors (Lipinski definition) is 1. The lowest BCUT2D eigenvalue weighted by atomic mass is 10.2. The Morgan fingerprint density at radius 1 is 1.06 bits per heavy atom. The van der Waals surface area contributed by atoms with E-state index in [0.717, 1.165) is 9.87 Å². The molecule has 1 N–H and O–H groups in total. The minimum atomic E-state index is -4.09. The number of rotatable bonds is 11. The van der Waals surface area contributed by atoms with Gasteiger partial charge in [0.25, 0.3) is 15.9 Å². The first kappa shape index (κ1) is 26.2. The minimum Gasteiger partial charge on any atom is -0.492 e. The maximum Gasteiger partial charge on any atom is 0.264 e. The number of nitrogens with one attached hydrogen (secondary N) is 1. The summed E-state index contributed by atoms with van der Waals surface area (Å²) in [4.78, 5) is 12.8. The quantitative estimate of drug-likeness (QED) is 0.313. The summed E-state index contributed by atoms with van der Waals surface area (Å²) in [7, 11) is -4.09. The molecule has 0 atom stereocenters. The molecular weight excluding hydrogens is 480 g/mol. The van der Waals surface area contributed by atoms with E-state index in [9.17, 15) is 13.2 Å². The highest BCUT2D eigenvalue weighted by Crippen LogP contribution is 2.32. The molecule has 0 bridgehead atoms. The molecule has 0 aliphatic heterocycles. The van der Waals surface area contributed by atoms with Gasteiger partial charge in [0.15, 0.2) is 6.61 Å². The van der Waals surface area contributed by atoms with E-state index in [-0.39, 0.29) is 17.2 Å². The van der Waals surface area contributed by atoms with Crippen molar-refractivity contribution in [3.8, 4) is 17.6 Å². The summed E-state index contributed by atoms with van der Waals surface area (Å²) in [5.74, 6) is 0.232. The van der Waals surface area contributed by atoms with Gasteiger partial charge in [0.1, 0.15) is 24.1 Å². The van der Waals surface area contributed by atoms with Crippen molar-refractivity contribution < 1.29 is 22.7 Å². The number of sulfonamides is 1. The molecule has 36 heavy (non-hydrogen) atoms. The maximum atomic E-state index is 13.6. The van der Waals surface area contributed by atoms with Crippen molar-refractivity contribution in [2.24, 2.45) is 5.10 Å². The molecule has 0 aromatic heterocycles. The van der Waals surface area contributed by atoms with Gasteiger partial charge in [0.2, 0.25) is 0 Å². The van der Waals surface area contributed by atoms with Gasteiger partial charge in [-0.15, -0.1) is 0 Å². The second kappa shape index (κ2) is 12.4. The fourth-order valence-corrected chi connectivity index (χ4v) is 4.62. The third-order valence-electron chi connectivity index (χ3n) is 4.92. The van der Waals surface area contributed by atoms with Crippen molar-refractivity contribution in [2.45, 2.75) is 18.7 Å². The van der Waals surface area contributed by atoms with E-state index >= 15 is 0 Å². The number of ether oxygens (including phenoxy) is 2. The molecule has 10 heteroatoms. The first-order chi connectivity index (χ1) is 17.3. The predicted octanol–water partition coefficient (Wildman–Crippen LogP) is 3.64. The van der Waals surface area contributed by atoms with Crippen molar-refractivity contribution in [1.82, 2.24) is 5.43 Å². The molecular formula is C26H26N4O5S. The average molecular weight is 507 g/mol. The fraction of sp³-hybridized carbons (Fsp3) is 0.192. The van der Waals surface area contributed by atoms with Gasteiger partial charge >= 0.3 is 0 Å². The Kier molecular flexibility index (Phi) is 9.02. The fourth-order valence-electron chi connectivity index (χ4n) is 3.19. The van der Waals surface area contributed by atoms with Gasteiger partial charge in [0, 0.05) is 0 Å². The van der Waals surface area contributed by atoms with Crippen LogP contribution in [-0.4, -0.2) is 40.3 Å². The Balaban J connectivity index is 1.81. The second-order valence-electron chi connectivity index (χ2n) is 7.53. The molecule has 0 radical (unpaired) electrons. The summed E-state index contributed by atoms with van der Waals surface area (Å²) in [5.41, 5.74) is 4.20. The molecule has 3 aromatic carbocycles. The number of nitriles is 1. The Morgan fingerprint density at radius 2 is 1.75 bits per heavy atom. The van der Waals surface area contributed by atoms with E-state index in [4.69, 9.17) is 14.7 Å². The molecule has 3 rings (SSSR count). The Labute approximate surface area is 210 Å². The predicted molar refractivity (Wildman–Crippen MR) is 137 cm³/mol. The molecule has 3 aromatic rings. The smallest absolute Gasteiger partial charge is 0.264 e. The third-order valence-corrected chi connectivity index (χ3v) is 6.69. The summed E-state index contributed by atoms with van der Waals surface area (Å²) >= 11 is 0. The zero-order chi connectivity index (χ0) is 26.0. The van der Waals surface area contributed by atoms with Crippen molar-refractivity contribution in [2.75, 3.05) is 24.1 Å². The lowest BCUT2D eigenvalue weighted by molar-refractivity contribution is -0.119. The zero-order valence-electron chi connectivity index (χ0n) is 19.9. The normalized spacial score (nSPS) is 11.0. The van der Waals surface area contributed by atoms with Gasteiger partial charge in [-0.25, -0.2) is 13.8 Å². The second-order valence-corrected chi connectivity index (χ2v) is 9.40. The molecule has 0 aliphatic carbocycles. The van der Waals surface area contributed by atoms with Crippen LogP contribution in [0.3, 0.4) is 0 Å². The molecule has 0 fully saturated rings. The van der Waals surface area contributed by atoms with Gasteiger partial charge in [0.05, 0.1) is 23.4 Å². The lowest BCUT2D eigenvalue weighted by Gasteiger charge is -2.25. The monoisotopic (exact) mass is 506 g/mol. The number of aryl methyl sites for hydroxylation is 1. The Bertz CT molecular complexity index is 1350. The largest absolute Gasteiger partial charge is 0.492 e. The first-order valence-electron chi connectivity index (χ1n) is 11.1. The average Bonchev–Trinajstić information content (AvgIpc) is 2.88. The molecule has 186 valence electrons. The molecule has 0 spiro atoms. The van der Waals surface area contributed by atoms with Gasteiger partial charge in [-0.05, 0) is 67.9 Å². The summed E-state index contributed by atoms with van der Waals surface area (Å²) < 4.78 is 38.9. The SMILES string of the molecule is CCOc1ccccc1N(CC(=O)N/N=C\c1ccc(OCC#N)cc1)S(=O)(=O)c1ccc(C)cc1. The summed E-state index contributed by atoms with van der Waals surface area (Å²) in [6, 6.07) is 21.7. The zero-order valence-corrected chi connectivity index (χ0v) is 20.7. The summed E-state index contributed by atoms with van der Waals surface area (Å²) in [6.45, 7) is 3.40. The van der Waals surface area contributed by atoms with Crippen molar-refractivity contribution in [1.29, 1.82) is 5.26 Å². The van der Waals surface area contributed by atoms with Gasteiger partial charge in [-0.3, -0.25) is 9.10 Å². The van der Waals surface area contributed by atoms with Crippen molar-refractivity contribution >= 4 is 27.8 Å². The van der Waals surface area contributed by atoms with Crippen LogP contribution in [0.2, 0.25) is 0 Å². The number of anilines is 1. The van der Waals surface area contributed by atoms with Crippen LogP contribution < -0.4 is 19.2 Å². The van der Waals surface area contributed by atoms with Crippen molar-refractivity contribution in [3.05, 3.63) is 83.9 Å². The van der Waals surface area contributed by atoms with E-state index in [0.29, 0.717) is 23.7 Å². The highest BCUT2D eigenvalue weighted by atomic mass is 32.2. The van der Waals surface area contributed by atoms with E-state index < -0.39 is 22.5 Å². The molecule has 0 saturated carbocycles. The van der Waals surface area contributed by atoms with E-state index in [2.05, 4.69) is 10.5 Å². The Hall–Kier alpha value is -4.36. The summed E-state index contributed by atoms with van der Waals surface area (Å²) in [5, 5.41) is 12.5. The van der Waals surface area contributed by atoms with Crippen LogP contribution in [0.1, 0.15) is 18.1 Å². The number of para-hydroxylation sites is 2.